The van der Waals surface area contributed by atoms with Crippen LogP contribution in [-0.2, 0) is 27.8 Å². The van der Waals surface area contributed by atoms with Gasteiger partial charge >= 0.3 is 0 Å². The zero-order valence-corrected chi connectivity index (χ0v) is 19.9. The molecule has 0 bridgehead atoms. The number of benzene rings is 1. The number of aromatic nitrogens is 1. The molecule has 1 unspecified atom stereocenters. The van der Waals surface area contributed by atoms with Crippen LogP contribution in [0.2, 0.25) is 0 Å². The highest BCUT2D eigenvalue weighted by atomic mass is 16.2. The Bertz CT molecular complexity index is 1300. The summed E-state index contributed by atoms with van der Waals surface area (Å²) in [5.74, 6) is 1.31. The Morgan fingerprint density at radius 3 is 2.71 bits per heavy atom. The molecule has 0 saturated heterocycles. The Kier molecular flexibility index (Phi) is 4.57. The minimum absolute atomic E-state index is 0.0521. The lowest BCUT2D eigenvalue weighted by atomic mass is 9.79. The zero-order valence-electron chi connectivity index (χ0n) is 19.9. The second kappa shape index (κ2) is 7.61. The SMILES string of the molecule is O=C1C(C2CC2)=NC2(CCCCC2)N1C/C=C/c1ccc2c(c1)CC1(C2)C(=O)Nc2ncccc21. The smallest absolute Gasteiger partial charge is 0.270 e. The van der Waals surface area contributed by atoms with Gasteiger partial charge in [0.2, 0.25) is 5.91 Å². The molecular weight excluding hydrogens is 436 g/mol. The van der Waals surface area contributed by atoms with Crippen LogP contribution in [0, 0.1) is 5.92 Å². The van der Waals surface area contributed by atoms with E-state index in [0.717, 1.165) is 55.4 Å². The summed E-state index contributed by atoms with van der Waals surface area (Å²) in [6.07, 6.45) is 15.1. The first-order valence-electron chi connectivity index (χ1n) is 13.1. The molecule has 2 fully saturated rings. The van der Waals surface area contributed by atoms with Crippen LogP contribution < -0.4 is 5.32 Å². The third-order valence-electron chi connectivity index (χ3n) is 8.72. The summed E-state index contributed by atoms with van der Waals surface area (Å²) < 4.78 is 0. The fraction of sp³-hybridized carbons (Fsp3) is 0.448. The van der Waals surface area contributed by atoms with Crippen LogP contribution in [0.15, 0.2) is 47.6 Å². The second-order valence-electron chi connectivity index (χ2n) is 11.0. The number of fused-ring (bicyclic) bond motifs is 3. The molecule has 0 radical (unpaired) electrons. The van der Waals surface area contributed by atoms with E-state index < -0.39 is 5.41 Å². The van der Waals surface area contributed by atoms with Crippen molar-refractivity contribution >= 4 is 29.4 Å². The van der Waals surface area contributed by atoms with E-state index in [1.54, 1.807) is 6.20 Å². The van der Waals surface area contributed by atoms with Crippen LogP contribution in [0.3, 0.4) is 0 Å². The van der Waals surface area contributed by atoms with Gasteiger partial charge in [0, 0.05) is 24.2 Å². The summed E-state index contributed by atoms with van der Waals surface area (Å²) in [4.78, 5) is 37.7. The van der Waals surface area contributed by atoms with Gasteiger partial charge in [-0.15, -0.1) is 0 Å². The van der Waals surface area contributed by atoms with Crippen molar-refractivity contribution in [3.63, 3.8) is 0 Å². The number of hydrogen-bond acceptors (Lipinski definition) is 4. The molecule has 35 heavy (non-hydrogen) atoms. The number of carbonyl (C=O) groups is 2. The van der Waals surface area contributed by atoms with Crippen molar-refractivity contribution < 1.29 is 9.59 Å². The first-order chi connectivity index (χ1) is 17.1. The molecular formula is C29H30N4O2. The third kappa shape index (κ3) is 3.22. The molecule has 2 aromatic rings. The van der Waals surface area contributed by atoms with Gasteiger partial charge in [0.15, 0.2) is 0 Å². The fourth-order valence-corrected chi connectivity index (χ4v) is 6.72. The maximum absolute atomic E-state index is 13.2. The Hall–Kier alpha value is -3.28. The molecule has 6 nitrogen and oxygen atoms in total. The number of nitrogens with one attached hydrogen (secondary N) is 1. The van der Waals surface area contributed by atoms with Gasteiger partial charge < -0.3 is 10.2 Å². The summed E-state index contributed by atoms with van der Waals surface area (Å²) in [5.41, 5.74) is 4.56. The van der Waals surface area contributed by atoms with Gasteiger partial charge in [0.25, 0.3) is 5.91 Å². The molecule has 5 aliphatic rings. The molecule has 1 atom stereocenters. The largest absolute Gasteiger partial charge is 0.310 e. The predicted molar refractivity (Wildman–Crippen MR) is 135 cm³/mol. The van der Waals surface area contributed by atoms with Crippen LogP contribution in [0.4, 0.5) is 5.82 Å². The van der Waals surface area contributed by atoms with E-state index in [0.29, 0.717) is 31.1 Å². The number of hydrogen-bond donors (Lipinski definition) is 1. The number of carbonyl (C=O) groups excluding carboxylic acids is 2. The Balaban J connectivity index is 1.11. The lowest BCUT2D eigenvalue weighted by Gasteiger charge is -2.38. The quantitative estimate of drug-likeness (QED) is 0.724. The van der Waals surface area contributed by atoms with E-state index in [1.165, 1.54) is 17.5 Å². The van der Waals surface area contributed by atoms with Crippen LogP contribution >= 0.6 is 0 Å². The number of rotatable bonds is 4. The highest BCUT2D eigenvalue weighted by molar-refractivity contribution is 6.41. The van der Waals surface area contributed by atoms with E-state index in [9.17, 15) is 9.59 Å². The van der Waals surface area contributed by atoms with Crippen molar-refractivity contribution in [3.05, 3.63) is 64.9 Å². The Morgan fingerprint density at radius 1 is 1.06 bits per heavy atom. The van der Waals surface area contributed by atoms with E-state index in [4.69, 9.17) is 4.99 Å². The van der Waals surface area contributed by atoms with E-state index >= 15 is 0 Å². The number of amides is 2. The molecule has 1 N–H and O–H groups in total. The molecule has 3 heterocycles. The molecule has 178 valence electrons. The first kappa shape index (κ1) is 21.0. The van der Waals surface area contributed by atoms with Crippen molar-refractivity contribution in [1.82, 2.24) is 9.88 Å². The summed E-state index contributed by atoms with van der Waals surface area (Å²) in [6.45, 7) is 0.598. The lowest BCUT2D eigenvalue weighted by molar-refractivity contribution is -0.128. The Labute approximate surface area is 205 Å². The van der Waals surface area contributed by atoms with Gasteiger partial charge in [-0.05, 0) is 74.1 Å². The molecule has 2 spiro atoms. The number of aliphatic imine (C=N–C) groups is 1. The molecule has 1 aromatic heterocycles. The Morgan fingerprint density at radius 2 is 1.89 bits per heavy atom. The number of pyridine rings is 1. The van der Waals surface area contributed by atoms with Crippen molar-refractivity contribution in [1.29, 1.82) is 0 Å². The second-order valence-corrected chi connectivity index (χ2v) is 11.0. The molecule has 3 aliphatic carbocycles. The van der Waals surface area contributed by atoms with Gasteiger partial charge in [-0.25, -0.2) is 4.98 Å². The predicted octanol–water partition coefficient (Wildman–Crippen LogP) is 4.44. The molecule has 2 aliphatic heterocycles. The van der Waals surface area contributed by atoms with Gasteiger partial charge in [-0.1, -0.05) is 42.8 Å². The summed E-state index contributed by atoms with van der Waals surface area (Å²) in [5, 5.41) is 2.98. The molecule has 7 rings (SSSR count). The zero-order chi connectivity index (χ0) is 23.6. The molecule has 1 aromatic carbocycles. The van der Waals surface area contributed by atoms with Gasteiger partial charge in [-0.3, -0.25) is 14.6 Å². The average molecular weight is 467 g/mol. The van der Waals surface area contributed by atoms with Crippen LogP contribution in [0.1, 0.15) is 67.2 Å². The van der Waals surface area contributed by atoms with Gasteiger partial charge in [-0.2, -0.15) is 0 Å². The topological polar surface area (TPSA) is 74.7 Å². The lowest BCUT2D eigenvalue weighted by Crippen LogP contribution is -2.48. The monoisotopic (exact) mass is 466 g/mol. The van der Waals surface area contributed by atoms with Crippen LogP contribution in [0.5, 0.6) is 0 Å². The maximum Gasteiger partial charge on any atom is 0.270 e. The fourth-order valence-electron chi connectivity index (χ4n) is 6.72. The van der Waals surface area contributed by atoms with E-state index in [2.05, 4.69) is 40.7 Å². The number of nitrogens with zero attached hydrogens (tertiary/aromatic N) is 3. The van der Waals surface area contributed by atoms with E-state index in [-0.39, 0.29) is 17.5 Å². The highest BCUT2D eigenvalue weighted by Gasteiger charge is 2.51. The average Bonchev–Trinajstić information content (AvgIpc) is 3.52. The van der Waals surface area contributed by atoms with Crippen molar-refractivity contribution in [2.45, 2.75) is 68.9 Å². The van der Waals surface area contributed by atoms with Crippen LogP contribution in [-0.4, -0.2) is 39.6 Å². The normalized spacial score (nSPS) is 26.5. The maximum atomic E-state index is 13.2. The summed E-state index contributed by atoms with van der Waals surface area (Å²) >= 11 is 0. The number of anilines is 1. The van der Waals surface area contributed by atoms with Gasteiger partial charge in [0.1, 0.15) is 17.2 Å². The molecule has 2 saturated carbocycles. The summed E-state index contributed by atoms with van der Waals surface area (Å²) in [7, 11) is 0. The van der Waals surface area contributed by atoms with Crippen LogP contribution in [0.25, 0.3) is 6.08 Å². The van der Waals surface area contributed by atoms with Gasteiger partial charge in [0.05, 0.1) is 5.41 Å². The first-order valence-corrected chi connectivity index (χ1v) is 13.1. The minimum Gasteiger partial charge on any atom is -0.310 e. The standard InChI is InChI=1S/C29H30N4O2/c34-26-24(20-10-11-20)32-29(12-2-1-3-13-29)33(26)15-5-6-19-8-9-21-17-28(18-22(21)16-19)23-7-4-14-30-25(23)31-27(28)35/h4-9,14,16,20H,1-3,10-13,15,17-18H2,(H,30,31,35)/b6-5+. The van der Waals surface area contributed by atoms with Crippen molar-refractivity contribution in [2.75, 3.05) is 11.9 Å². The minimum atomic E-state index is -0.542. The van der Waals surface area contributed by atoms with E-state index in [1.807, 2.05) is 17.0 Å². The molecule has 2 amide bonds. The third-order valence-corrected chi connectivity index (χ3v) is 8.72. The van der Waals surface area contributed by atoms with Crippen molar-refractivity contribution in [3.8, 4) is 0 Å². The summed E-state index contributed by atoms with van der Waals surface area (Å²) in [6, 6.07) is 10.4. The van der Waals surface area contributed by atoms with Crippen molar-refractivity contribution in [2.24, 2.45) is 10.9 Å². The molecule has 6 heteroatoms. The highest BCUT2D eigenvalue weighted by Crippen LogP contribution is 2.47.